The number of hydrogen-bond acceptors (Lipinski definition) is 3. The van der Waals surface area contributed by atoms with E-state index in [1.165, 1.54) is 11.8 Å². The number of furan rings is 1. The van der Waals surface area contributed by atoms with Gasteiger partial charge in [0.1, 0.15) is 0 Å². The Morgan fingerprint density at radius 2 is 1.64 bits per heavy atom. The van der Waals surface area contributed by atoms with Crippen molar-refractivity contribution >= 4 is 17.5 Å². The Labute approximate surface area is 145 Å². The lowest BCUT2D eigenvalue weighted by molar-refractivity contribution is 0.0950. The normalized spacial score (nSPS) is 10.3. The summed E-state index contributed by atoms with van der Waals surface area (Å²) in [5.74, 6) is -0.258. The second kappa shape index (κ2) is 7.49. The van der Waals surface area contributed by atoms with Crippen LogP contribution in [-0.2, 0) is 6.54 Å². The number of nitrogens with one attached hydrogen (secondary N) is 2. The fourth-order valence-corrected chi connectivity index (χ4v) is 2.30. The van der Waals surface area contributed by atoms with E-state index < -0.39 is 0 Å². The fraction of sp³-hybridized carbons (Fsp3) is 0.100. The van der Waals surface area contributed by atoms with Crippen molar-refractivity contribution in [2.45, 2.75) is 13.5 Å². The zero-order chi connectivity index (χ0) is 17.6. The molecule has 0 bridgehead atoms. The lowest BCUT2D eigenvalue weighted by Crippen LogP contribution is -2.22. The molecule has 0 unspecified atom stereocenters. The first-order chi connectivity index (χ1) is 12.1. The van der Waals surface area contributed by atoms with Crippen molar-refractivity contribution in [3.05, 3.63) is 89.4 Å². The molecule has 1 aromatic heterocycles. The summed E-state index contributed by atoms with van der Waals surface area (Å²) >= 11 is 0. The van der Waals surface area contributed by atoms with Gasteiger partial charge >= 0.3 is 0 Å². The zero-order valence-corrected chi connectivity index (χ0v) is 13.8. The smallest absolute Gasteiger partial charge is 0.291 e. The van der Waals surface area contributed by atoms with Gasteiger partial charge in [0.05, 0.1) is 6.26 Å². The molecule has 0 aliphatic heterocycles. The Balaban J connectivity index is 1.56. The third kappa shape index (κ3) is 4.35. The van der Waals surface area contributed by atoms with Crippen molar-refractivity contribution in [1.82, 2.24) is 5.32 Å². The van der Waals surface area contributed by atoms with Gasteiger partial charge in [0.2, 0.25) is 0 Å². The maximum absolute atomic E-state index is 12.2. The molecule has 3 aromatic rings. The molecule has 5 heteroatoms. The number of aryl methyl sites for hydroxylation is 1. The van der Waals surface area contributed by atoms with Gasteiger partial charge in [-0.2, -0.15) is 0 Å². The molecule has 0 radical (unpaired) electrons. The largest absolute Gasteiger partial charge is 0.459 e. The molecule has 5 nitrogen and oxygen atoms in total. The first kappa shape index (κ1) is 16.5. The first-order valence-electron chi connectivity index (χ1n) is 7.90. The molecule has 0 aliphatic carbocycles. The van der Waals surface area contributed by atoms with Gasteiger partial charge in [-0.3, -0.25) is 9.59 Å². The van der Waals surface area contributed by atoms with E-state index in [-0.39, 0.29) is 17.6 Å². The molecule has 0 saturated carbocycles. The van der Waals surface area contributed by atoms with Crippen LogP contribution in [0.5, 0.6) is 0 Å². The highest BCUT2D eigenvalue weighted by molar-refractivity contribution is 6.02. The minimum Gasteiger partial charge on any atom is -0.459 e. The highest BCUT2D eigenvalue weighted by Crippen LogP contribution is 2.12. The van der Waals surface area contributed by atoms with E-state index in [9.17, 15) is 9.59 Å². The number of rotatable bonds is 5. The predicted octanol–water partition coefficient (Wildman–Crippen LogP) is 3.77. The van der Waals surface area contributed by atoms with Crippen LogP contribution in [0.3, 0.4) is 0 Å². The summed E-state index contributed by atoms with van der Waals surface area (Å²) in [5.41, 5.74) is 3.35. The number of amides is 2. The molecular formula is C20H18N2O3. The van der Waals surface area contributed by atoms with Crippen molar-refractivity contribution in [3.8, 4) is 0 Å². The van der Waals surface area contributed by atoms with Crippen LogP contribution in [0.25, 0.3) is 0 Å². The van der Waals surface area contributed by atoms with E-state index in [0.717, 1.165) is 5.56 Å². The van der Waals surface area contributed by atoms with Crippen LogP contribution in [0.15, 0.2) is 71.3 Å². The Kier molecular flexibility index (Phi) is 4.95. The third-order valence-corrected chi connectivity index (χ3v) is 3.72. The fourth-order valence-electron chi connectivity index (χ4n) is 2.30. The minimum absolute atomic E-state index is 0.163. The van der Waals surface area contributed by atoms with E-state index in [4.69, 9.17) is 4.42 Å². The maximum Gasteiger partial charge on any atom is 0.291 e. The number of benzene rings is 2. The standard InChI is InChI=1S/C20H18N2O3/c1-14-4-6-15(7-5-14)13-21-19(23)16-8-10-17(11-9-16)22-20(24)18-3-2-12-25-18/h2-12H,13H2,1H3,(H,21,23)(H,22,24). The van der Waals surface area contributed by atoms with Gasteiger partial charge in [-0.15, -0.1) is 0 Å². The van der Waals surface area contributed by atoms with Crippen molar-refractivity contribution in [2.75, 3.05) is 5.32 Å². The van der Waals surface area contributed by atoms with Crippen LogP contribution >= 0.6 is 0 Å². The predicted molar refractivity (Wildman–Crippen MR) is 95.5 cm³/mol. The van der Waals surface area contributed by atoms with Crippen molar-refractivity contribution < 1.29 is 14.0 Å². The molecule has 0 saturated heterocycles. The Hall–Kier alpha value is -3.34. The zero-order valence-electron chi connectivity index (χ0n) is 13.8. The highest BCUT2D eigenvalue weighted by Gasteiger charge is 2.10. The van der Waals surface area contributed by atoms with Crippen LogP contribution < -0.4 is 10.6 Å². The molecule has 0 spiro atoms. The Morgan fingerprint density at radius 3 is 2.28 bits per heavy atom. The monoisotopic (exact) mass is 334 g/mol. The van der Waals surface area contributed by atoms with E-state index in [1.54, 1.807) is 36.4 Å². The molecule has 2 N–H and O–H groups in total. The average molecular weight is 334 g/mol. The molecule has 25 heavy (non-hydrogen) atoms. The van der Waals surface area contributed by atoms with Gasteiger partial charge in [0.25, 0.3) is 11.8 Å². The molecule has 3 rings (SSSR count). The van der Waals surface area contributed by atoms with Gasteiger partial charge in [0, 0.05) is 17.8 Å². The SMILES string of the molecule is Cc1ccc(CNC(=O)c2ccc(NC(=O)c3ccco3)cc2)cc1. The number of carbonyl (C=O) groups excluding carboxylic acids is 2. The van der Waals surface area contributed by atoms with Crippen molar-refractivity contribution in [1.29, 1.82) is 0 Å². The van der Waals surface area contributed by atoms with E-state index in [0.29, 0.717) is 17.8 Å². The molecule has 0 atom stereocenters. The number of hydrogen-bond donors (Lipinski definition) is 2. The Bertz CT molecular complexity index is 851. The maximum atomic E-state index is 12.2. The van der Waals surface area contributed by atoms with Crippen LogP contribution in [0.2, 0.25) is 0 Å². The van der Waals surface area contributed by atoms with E-state index in [1.807, 2.05) is 31.2 Å². The van der Waals surface area contributed by atoms with Gasteiger partial charge in [-0.05, 0) is 48.9 Å². The van der Waals surface area contributed by atoms with Crippen LogP contribution in [0.4, 0.5) is 5.69 Å². The molecule has 2 amide bonds. The third-order valence-electron chi connectivity index (χ3n) is 3.72. The summed E-state index contributed by atoms with van der Waals surface area (Å²) in [4.78, 5) is 24.1. The lowest BCUT2D eigenvalue weighted by Gasteiger charge is -2.07. The molecule has 1 heterocycles. The van der Waals surface area contributed by atoms with E-state index >= 15 is 0 Å². The summed E-state index contributed by atoms with van der Waals surface area (Å²) in [6.45, 7) is 2.49. The van der Waals surface area contributed by atoms with Crippen LogP contribution in [0, 0.1) is 6.92 Å². The molecular weight excluding hydrogens is 316 g/mol. The van der Waals surface area contributed by atoms with Crippen LogP contribution in [0.1, 0.15) is 32.0 Å². The summed E-state index contributed by atoms with van der Waals surface area (Å²) < 4.78 is 5.03. The summed E-state index contributed by atoms with van der Waals surface area (Å²) in [7, 11) is 0. The Morgan fingerprint density at radius 1 is 0.920 bits per heavy atom. The molecule has 2 aromatic carbocycles. The van der Waals surface area contributed by atoms with Crippen molar-refractivity contribution in [3.63, 3.8) is 0 Å². The minimum atomic E-state index is -0.332. The van der Waals surface area contributed by atoms with E-state index in [2.05, 4.69) is 10.6 Å². The summed E-state index contributed by atoms with van der Waals surface area (Å²) in [5, 5.41) is 5.59. The second-order valence-corrected chi connectivity index (χ2v) is 5.68. The van der Waals surface area contributed by atoms with Gasteiger partial charge in [-0.25, -0.2) is 0 Å². The van der Waals surface area contributed by atoms with Crippen molar-refractivity contribution in [2.24, 2.45) is 0 Å². The van der Waals surface area contributed by atoms with Gasteiger partial charge in [-0.1, -0.05) is 29.8 Å². The molecule has 126 valence electrons. The van der Waals surface area contributed by atoms with Gasteiger partial charge < -0.3 is 15.1 Å². The molecule has 0 fully saturated rings. The summed E-state index contributed by atoms with van der Waals surface area (Å²) in [6, 6.07) is 17.9. The second-order valence-electron chi connectivity index (χ2n) is 5.68. The topological polar surface area (TPSA) is 71.3 Å². The summed E-state index contributed by atoms with van der Waals surface area (Å²) in [6.07, 6.45) is 1.44. The lowest BCUT2D eigenvalue weighted by atomic mass is 10.1. The number of carbonyl (C=O) groups is 2. The van der Waals surface area contributed by atoms with Gasteiger partial charge in [0.15, 0.2) is 5.76 Å². The average Bonchev–Trinajstić information content (AvgIpc) is 3.16. The highest BCUT2D eigenvalue weighted by atomic mass is 16.3. The van der Waals surface area contributed by atoms with Crippen LogP contribution in [-0.4, -0.2) is 11.8 Å². The quantitative estimate of drug-likeness (QED) is 0.746. The first-order valence-corrected chi connectivity index (χ1v) is 7.90. The molecule has 0 aliphatic rings. The number of anilines is 1.